The zero-order chi connectivity index (χ0) is 14.8. The zero-order valence-corrected chi connectivity index (χ0v) is 13.5. The van der Waals surface area contributed by atoms with Crippen LogP contribution < -0.4 is 14.2 Å². The summed E-state index contributed by atoms with van der Waals surface area (Å²) in [5, 5.41) is 1.73. The van der Waals surface area contributed by atoms with Crippen LogP contribution in [-0.4, -0.2) is 20.3 Å². The van der Waals surface area contributed by atoms with Crippen molar-refractivity contribution in [1.82, 2.24) is 0 Å². The Hall–Kier alpha value is -1.39. The third-order valence-corrected chi connectivity index (χ3v) is 4.98. The summed E-state index contributed by atoms with van der Waals surface area (Å²) in [7, 11) is 1.66. The Morgan fingerprint density at radius 3 is 2.76 bits per heavy atom. The first-order chi connectivity index (χ1) is 10.2. The van der Waals surface area contributed by atoms with Crippen molar-refractivity contribution in [3.63, 3.8) is 0 Å². The van der Waals surface area contributed by atoms with E-state index in [1.165, 1.54) is 0 Å². The van der Waals surface area contributed by atoms with E-state index in [0.29, 0.717) is 19.1 Å². The van der Waals surface area contributed by atoms with Gasteiger partial charge in [-0.15, -0.1) is 22.9 Å². The molecule has 3 nitrogen and oxygen atoms in total. The van der Waals surface area contributed by atoms with Gasteiger partial charge in [-0.3, -0.25) is 0 Å². The van der Waals surface area contributed by atoms with Gasteiger partial charge in [0.05, 0.1) is 30.6 Å². The SMILES string of the molecule is COc1ccsc1C(Cl)c1ccc2c(c1)OCC(C)CO2. The van der Waals surface area contributed by atoms with Crippen LogP contribution in [0, 0.1) is 5.92 Å². The fourth-order valence-electron chi connectivity index (χ4n) is 2.24. The van der Waals surface area contributed by atoms with Gasteiger partial charge >= 0.3 is 0 Å². The topological polar surface area (TPSA) is 27.7 Å². The Bertz CT molecular complexity index is 626. The summed E-state index contributed by atoms with van der Waals surface area (Å²) in [5.41, 5.74) is 0.981. The minimum Gasteiger partial charge on any atom is -0.496 e. The first-order valence-corrected chi connectivity index (χ1v) is 8.15. The third kappa shape index (κ3) is 2.97. The maximum absolute atomic E-state index is 6.60. The summed E-state index contributed by atoms with van der Waals surface area (Å²) >= 11 is 8.19. The molecule has 0 spiro atoms. The van der Waals surface area contributed by atoms with E-state index < -0.39 is 0 Å². The first kappa shape index (κ1) is 14.5. The Labute approximate surface area is 133 Å². The maximum atomic E-state index is 6.60. The molecule has 0 saturated heterocycles. The Morgan fingerprint density at radius 1 is 1.24 bits per heavy atom. The molecule has 2 atom stereocenters. The lowest BCUT2D eigenvalue weighted by molar-refractivity contribution is 0.228. The largest absolute Gasteiger partial charge is 0.496 e. The number of ether oxygens (including phenoxy) is 3. The highest BCUT2D eigenvalue weighted by molar-refractivity contribution is 7.10. The molecule has 2 aromatic rings. The van der Waals surface area contributed by atoms with Crippen molar-refractivity contribution < 1.29 is 14.2 Å². The van der Waals surface area contributed by atoms with Gasteiger partial charge in [-0.25, -0.2) is 0 Å². The van der Waals surface area contributed by atoms with E-state index in [2.05, 4.69) is 6.92 Å². The molecular formula is C16H17ClO3S. The summed E-state index contributed by atoms with van der Waals surface area (Å²) in [6, 6.07) is 7.80. The summed E-state index contributed by atoms with van der Waals surface area (Å²) in [6.07, 6.45) is 0. The molecule has 0 fully saturated rings. The molecule has 0 radical (unpaired) electrons. The molecule has 112 valence electrons. The van der Waals surface area contributed by atoms with Gasteiger partial charge in [0.25, 0.3) is 0 Å². The monoisotopic (exact) mass is 324 g/mol. The van der Waals surface area contributed by atoms with E-state index in [1.54, 1.807) is 18.4 Å². The van der Waals surface area contributed by atoms with Gasteiger partial charge in [-0.2, -0.15) is 0 Å². The molecule has 0 amide bonds. The number of thiophene rings is 1. The van der Waals surface area contributed by atoms with E-state index in [0.717, 1.165) is 27.7 Å². The summed E-state index contributed by atoms with van der Waals surface area (Å²) in [6.45, 7) is 3.44. The average Bonchev–Trinajstić information content (AvgIpc) is 2.91. The minimum atomic E-state index is -0.255. The van der Waals surface area contributed by atoms with Crippen molar-refractivity contribution in [3.05, 3.63) is 40.1 Å². The van der Waals surface area contributed by atoms with Crippen LogP contribution in [0.5, 0.6) is 17.2 Å². The number of benzene rings is 1. The van der Waals surface area contributed by atoms with Crippen LogP contribution in [0.1, 0.15) is 22.7 Å². The smallest absolute Gasteiger partial charge is 0.161 e. The second kappa shape index (κ2) is 6.16. The van der Waals surface area contributed by atoms with E-state index in [9.17, 15) is 0 Å². The summed E-state index contributed by atoms with van der Waals surface area (Å²) < 4.78 is 16.9. The molecule has 2 heterocycles. The highest BCUT2D eigenvalue weighted by atomic mass is 35.5. The number of alkyl halides is 1. The average molecular weight is 325 g/mol. The standard InChI is InChI=1S/C16H17ClO3S/c1-10-8-19-12-4-3-11(7-14(12)20-9-10)15(17)16-13(18-2)5-6-21-16/h3-7,10,15H,8-9H2,1-2H3. The molecule has 0 aliphatic carbocycles. The molecule has 2 unspecified atom stereocenters. The van der Waals surface area contributed by atoms with Crippen molar-refractivity contribution in [2.24, 2.45) is 5.92 Å². The molecule has 1 aromatic heterocycles. The zero-order valence-electron chi connectivity index (χ0n) is 12.0. The first-order valence-electron chi connectivity index (χ1n) is 6.84. The van der Waals surface area contributed by atoms with Crippen LogP contribution in [0.4, 0.5) is 0 Å². The molecule has 5 heteroatoms. The number of halogens is 1. The summed E-state index contributed by atoms with van der Waals surface area (Å²) in [4.78, 5) is 1.00. The molecule has 0 N–H and O–H groups in total. The van der Waals surface area contributed by atoms with Gasteiger partial charge in [0.1, 0.15) is 5.75 Å². The molecular weight excluding hydrogens is 308 g/mol. The minimum absolute atomic E-state index is 0.255. The van der Waals surface area contributed by atoms with Crippen LogP contribution >= 0.6 is 22.9 Å². The van der Waals surface area contributed by atoms with Crippen LogP contribution in [0.25, 0.3) is 0 Å². The van der Waals surface area contributed by atoms with Gasteiger partial charge in [-0.1, -0.05) is 13.0 Å². The summed E-state index contributed by atoms with van der Waals surface area (Å²) in [5.74, 6) is 2.74. The lowest BCUT2D eigenvalue weighted by atomic mass is 10.1. The van der Waals surface area contributed by atoms with Gasteiger partial charge in [0.2, 0.25) is 0 Å². The lowest BCUT2D eigenvalue weighted by Gasteiger charge is -2.13. The van der Waals surface area contributed by atoms with Gasteiger partial charge < -0.3 is 14.2 Å². The van der Waals surface area contributed by atoms with E-state index >= 15 is 0 Å². The molecule has 1 aromatic carbocycles. The normalized spacial score (nSPS) is 18.9. The molecule has 21 heavy (non-hydrogen) atoms. The van der Waals surface area contributed by atoms with Gasteiger partial charge in [0, 0.05) is 5.92 Å². The van der Waals surface area contributed by atoms with Crippen molar-refractivity contribution in [2.45, 2.75) is 12.3 Å². The van der Waals surface area contributed by atoms with Crippen LogP contribution in [0.2, 0.25) is 0 Å². The van der Waals surface area contributed by atoms with Crippen LogP contribution in [-0.2, 0) is 0 Å². The molecule has 3 rings (SSSR count). The number of fused-ring (bicyclic) bond motifs is 1. The second-order valence-electron chi connectivity index (χ2n) is 5.15. The highest BCUT2D eigenvalue weighted by Crippen LogP contribution is 2.42. The van der Waals surface area contributed by atoms with Gasteiger partial charge in [-0.05, 0) is 29.1 Å². The van der Waals surface area contributed by atoms with E-state index in [4.69, 9.17) is 25.8 Å². The van der Waals surface area contributed by atoms with E-state index in [-0.39, 0.29) is 5.38 Å². The maximum Gasteiger partial charge on any atom is 0.161 e. The Kier molecular flexibility index (Phi) is 4.27. The third-order valence-electron chi connectivity index (χ3n) is 3.41. The van der Waals surface area contributed by atoms with Gasteiger partial charge in [0.15, 0.2) is 11.5 Å². The predicted octanol–water partition coefficient (Wildman–Crippen LogP) is 4.49. The molecule has 1 aliphatic rings. The fourth-order valence-corrected chi connectivity index (χ4v) is 3.50. The number of hydrogen-bond acceptors (Lipinski definition) is 4. The molecule has 1 aliphatic heterocycles. The van der Waals surface area contributed by atoms with Crippen molar-refractivity contribution in [1.29, 1.82) is 0 Å². The second-order valence-corrected chi connectivity index (χ2v) is 6.53. The number of hydrogen-bond donors (Lipinski definition) is 0. The number of methoxy groups -OCH3 is 1. The van der Waals surface area contributed by atoms with Crippen molar-refractivity contribution >= 4 is 22.9 Å². The highest BCUT2D eigenvalue weighted by Gasteiger charge is 2.21. The van der Waals surface area contributed by atoms with Crippen molar-refractivity contribution in [3.8, 4) is 17.2 Å². The van der Waals surface area contributed by atoms with Crippen molar-refractivity contribution in [2.75, 3.05) is 20.3 Å². The molecule has 0 saturated carbocycles. The number of rotatable bonds is 3. The predicted molar refractivity (Wildman–Crippen MR) is 85.2 cm³/mol. The van der Waals surface area contributed by atoms with Crippen LogP contribution in [0.15, 0.2) is 29.6 Å². The van der Waals surface area contributed by atoms with Crippen LogP contribution in [0.3, 0.4) is 0 Å². The fraction of sp³-hybridized carbons (Fsp3) is 0.375. The lowest BCUT2D eigenvalue weighted by Crippen LogP contribution is -2.12. The Morgan fingerprint density at radius 2 is 2.00 bits per heavy atom. The quantitative estimate of drug-likeness (QED) is 0.778. The Balaban J connectivity index is 1.90. The van der Waals surface area contributed by atoms with E-state index in [1.807, 2.05) is 29.6 Å². The molecule has 0 bridgehead atoms.